The van der Waals surface area contributed by atoms with Gasteiger partial charge in [0.2, 0.25) is 0 Å². The second-order valence-electron chi connectivity index (χ2n) is 15.9. The maximum absolute atomic E-state index is 5.63. The summed E-state index contributed by atoms with van der Waals surface area (Å²) < 4.78 is 2.51. The van der Waals surface area contributed by atoms with Gasteiger partial charge in [0.1, 0.15) is 0 Å². The molecule has 0 amide bonds. The lowest BCUT2D eigenvalue weighted by Crippen LogP contribution is -2.25. The Labute approximate surface area is 351 Å². The Morgan fingerprint density at radius 1 is 0.333 bits per heavy atom. The number of rotatable bonds is 4. The molecule has 3 heteroatoms. The first-order chi connectivity index (χ1) is 29.8. The van der Waals surface area contributed by atoms with Crippen molar-refractivity contribution in [2.45, 2.75) is 5.41 Å². The Kier molecular flexibility index (Phi) is 7.13. The molecule has 0 fully saturated rings. The van der Waals surface area contributed by atoms with Crippen LogP contribution >= 0.6 is 11.3 Å². The number of aromatic nitrogens is 2. The van der Waals surface area contributed by atoms with E-state index in [0.717, 1.165) is 39.5 Å². The molecule has 2 aromatic heterocycles. The van der Waals surface area contributed by atoms with Crippen molar-refractivity contribution in [3.63, 3.8) is 0 Å². The first kappa shape index (κ1) is 33.5. The molecule has 0 bridgehead atoms. The molecule has 60 heavy (non-hydrogen) atoms. The van der Waals surface area contributed by atoms with E-state index in [1.54, 1.807) is 0 Å². The summed E-state index contributed by atoms with van der Waals surface area (Å²) in [5.41, 5.74) is 17.1. The van der Waals surface area contributed by atoms with E-state index >= 15 is 0 Å². The van der Waals surface area contributed by atoms with Gasteiger partial charge >= 0.3 is 0 Å². The van der Waals surface area contributed by atoms with Gasteiger partial charge < -0.3 is 0 Å². The minimum atomic E-state index is -0.459. The molecule has 0 unspecified atom stereocenters. The Balaban J connectivity index is 1.11. The van der Waals surface area contributed by atoms with Crippen LogP contribution < -0.4 is 0 Å². The van der Waals surface area contributed by atoms with Crippen LogP contribution in [0.3, 0.4) is 0 Å². The minimum absolute atomic E-state index is 0.459. The molecule has 2 aliphatic carbocycles. The molecular weight excluding hydrogens is 745 g/mol. The van der Waals surface area contributed by atoms with Crippen LogP contribution in [0, 0.1) is 0 Å². The van der Waals surface area contributed by atoms with Gasteiger partial charge in [-0.2, -0.15) is 0 Å². The summed E-state index contributed by atoms with van der Waals surface area (Å²) >= 11 is 1.84. The highest BCUT2D eigenvalue weighted by molar-refractivity contribution is 7.26. The fourth-order valence-corrected chi connectivity index (χ4v) is 11.7. The number of fused-ring (bicyclic) bond motifs is 14. The summed E-state index contributed by atoms with van der Waals surface area (Å²) in [5.74, 6) is 0.719. The molecule has 0 saturated carbocycles. The van der Waals surface area contributed by atoms with Gasteiger partial charge in [0.05, 0.1) is 16.8 Å². The highest BCUT2D eigenvalue weighted by atomic mass is 32.1. The van der Waals surface area contributed by atoms with Crippen LogP contribution in [0.5, 0.6) is 0 Å². The maximum Gasteiger partial charge on any atom is 0.161 e. The first-order valence-corrected chi connectivity index (χ1v) is 21.4. The van der Waals surface area contributed by atoms with E-state index in [0.29, 0.717) is 0 Å². The zero-order valence-corrected chi connectivity index (χ0v) is 33.2. The number of thiophene rings is 1. The number of nitrogens with zero attached hydrogens (tertiary/aromatic N) is 2. The van der Waals surface area contributed by atoms with E-state index in [1.807, 2.05) is 11.3 Å². The van der Waals surface area contributed by atoms with Crippen LogP contribution in [0.4, 0.5) is 0 Å². The predicted octanol–water partition coefficient (Wildman–Crippen LogP) is 15.0. The smallest absolute Gasteiger partial charge is 0.161 e. The molecular formula is C57H34N2S. The lowest BCUT2D eigenvalue weighted by molar-refractivity contribution is 0.794. The molecule has 0 N–H and O–H groups in total. The van der Waals surface area contributed by atoms with Crippen molar-refractivity contribution in [2.75, 3.05) is 0 Å². The summed E-state index contributed by atoms with van der Waals surface area (Å²) in [5, 5.41) is 4.96. The van der Waals surface area contributed by atoms with Crippen LogP contribution in [0.15, 0.2) is 206 Å². The number of hydrogen-bond donors (Lipinski definition) is 0. The van der Waals surface area contributed by atoms with Crippen molar-refractivity contribution in [1.82, 2.24) is 9.97 Å². The number of hydrogen-bond acceptors (Lipinski definition) is 3. The van der Waals surface area contributed by atoms with Gasteiger partial charge in [-0.25, -0.2) is 9.97 Å². The molecule has 11 aromatic rings. The van der Waals surface area contributed by atoms with Crippen LogP contribution in [0.25, 0.3) is 98.2 Å². The summed E-state index contributed by atoms with van der Waals surface area (Å²) in [6.45, 7) is 0. The van der Waals surface area contributed by atoms with Crippen molar-refractivity contribution >= 4 is 42.3 Å². The Hall–Kier alpha value is -7.46. The molecule has 13 rings (SSSR count). The lowest BCUT2D eigenvalue weighted by Gasteiger charge is -2.30. The molecule has 2 heterocycles. The Morgan fingerprint density at radius 3 is 1.60 bits per heavy atom. The molecule has 0 aliphatic heterocycles. The van der Waals surface area contributed by atoms with Gasteiger partial charge in [-0.05, 0) is 78.5 Å². The Morgan fingerprint density at radius 2 is 0.817 bits per heavy atom. The fraction of sp³-hybridized carbons (Fsp3) is 0.0175. The maximum atomic E-state index is 5.63. The SMILES string of the molecule is c1ccc(-c2cccc3ccccc23)c(-c2cc(-c3cccc4c3sc3ccccc34)nc(-c3cccc4c3-c3ccccc3C43c4ccccc4-c4ccccc43)n2)c1. The first-order valence-electron chi connectivity index (χ1n) is 20.6. The van der Waals surface area contributed by atoms with Gasteiger partial charge in [0, 0.05) is 36.9 Å². The number of benzene rings is 9. The Bertz CT molecular complexity index is 3520. The van der Waals surface area contributed by atoms with Crippen LogP contribution in [-0.4, -0.2) is 9.97 Å². The van der Waals surface area contributed by atoms with Crippen molar-refractivity contribution < 1.29 is 0 Å². The minimum Gasteiger partial charge on any atom is -0.228 e. The molecule has 278 valence electrons. The summed E-state index contributed by atoms with van der Waals surface area (Å²) in [6, 6.07) is 75.3. The third kappa shape index (κ3) is 4.58. The average Bonchev–Trinajstić information content (AvgIpc) is 3.96. The second-order valence-corrected chi connectivity index (χ2v) is 17.0. The van der Waals surface area contributed by atoms with E-state index in [9.17, 15) is 0 Å². The van der Waals surface area contributed by atoms with E-state index in [4.69, 9.17) is 9.97 Å². The molecule has 0 atom stereocenters. The van der Waals surface area contributed by atoms with Crippen molar-refractivity contribution in [1.29, 1.82) is 0 Å². The monoisotopic (exact) mass is 778 g/mol. The molecule has 9 aromatic carbocycles. The fourth-order valence-electron chi connectivity index (χ4n) is 10.5. The van der Waals surface area contributed by atoms with Crippen molar-refractivity contribution in [2.24, 2.45) is 0 Å². The highest BCUT2D eigenvalue weighted by Gasteiger charge is 2.52. The molecule has 0 saturated heterocycles. The third-order valence-electron chi connectivity index (χ3n) is 13.0. The van der Waals surface area contributed by atoms with Crippen molar-refractivity contribution in [3.8, 4) is 67.3 Å². The summed E-state index contributed by atoms with van der Waals surface area (Å²) in [4.78, 5) is 11.3. The van der Waals surface area contributed by atoms with Crippen LogP contribution in [0.1, 0.15) is 22.3 Å². The van der Waals surface area contributed by atoms with Crippen molar-refractivity contribution in [3.05, 3.63) is 229 Å². The van der Waals surface area contributed by atoms with Gasteiger partial charge in [-0.1, -0.05) is 194 Å². The lowest BCUT2D eigenvalue weighted by atomic mass is 9.70. The quantitative estimate of drug-likeness (QED) is 0.178. The summed E-state index contributed by atoms with van der Waals surface area (Å²) in [7, 11) is 0. The molecule has 2 aliphatic rings. The third-order valence-corrected chi connectivity index (χ3v) is 14.2. The topological polar surface area (TPSA) is 25.8 Å². The van der Waals surface area contributed by atoms with Crippen LogP contribution in [0.2, 0.25) is 0 Å². The molecule has 0 radical (unpaired) electrons. The molecule has 2 nitrogen and oxygen atoms in total. The zero-order valence-electron chi connectivity index (χ0n) is 32.4. The highest BCUT2D eigenvalue weighted by Crippen LogP contribution is 2.64. The van der Waals surface area contributed by atoms with E-state index < -0.39 is 5.41 Å². The largest absolute Gasteiger partial charge is 0.228 e. The standard InChI is InChI=1S/C57H34N2S/c1-2-18-36-35(16-1)17-13-25-37(36)38-19-3-4-22-41(38)51-34-52(45-27-14-26-43-42-23-8-12-33-53(42)60-55(43)45)59-56(58-51)46-28-15-32-50-54(46)44-24-7-11-31-49(44)57(50)47-29-9-5-20-39(47)40-21-6-10-30-48(40)57/h1-34H. The second kappa shape index (κ2) is 12.8. The van der Waals surface area contributed by atoms with Crippen LogP contribution in [-0.2, 0) is 5.41 Å². The zero-order chi connectivity index (χ0) is 39.4. The summed E-state index contributed by atoms with van der Waals surface area (Å²) in [6.07, 6.45) is 0. The van der Waals surface area contributed by atoms with E-state index in [1.165, 1.54) is 81.0 Å². The van der Waals surface area contributed by atoms with Gasteiger partial charge in [-0.3, -0.25) is 0 Å². The predicted molar refractivity (Wildman–Crippen MR) is 250 cm³/mol. The average molecular weight is 779 g/mol. The van der Waals surface area contributed by atoms with Gasteiger partial charge in [-0.15, -0.1) is 11.3 Å². The van der Waals surface area contributed by atoms with Gasteiger partial charge in [0.25, 0.3) is 0 Å². The van der Waals surface area contributed by atoms with E-state index in [-0.39, 0.29) is 0 Å². The van der Waals surface area contributed by atoms with Gasteiger partial charge in [0.15, 0.2) is 5.82 Å². The molecule has 1 spiro atoms. The van der Waals surface area contributed by atoms with E-state index in [2.05, 4.69) is 206 Å². The normalized spacial score (nSPS) is 13.1.